The van der Waals surface area contributed by atoms with E-state index >= 15 is 0 Å². The molecule has 2 aromatic carbocycles. The lowest BCUT2D eigenvalue weighted by Gasteiger charge is -2.22. The molecule has 0 aliphatic carbocycles. The first kappa shape index (κ1) is 23.0. The Hall–Kier alpha value is -3.33. The topological polar surface area (TPSA) is 128 Å². The first-order valence-corrected chi connectivity index (χ1v) is 9.25. The lowest BCUT2D eigenvalue weighted by Crippen LogP contribution is -2.44. The fourth-order valence-corrected chi connectivity index (χ4v) is 2.59. The third kappa shape index (κ3) is 6.93. The zero-order valence-electron chi connectivity index (χ0n) is 16.5. The molecule has 0 saturated carbocycles. The lowest BCUT2D eigenvalue weighted by atomic mass is 10.1. The van der Waals surface area contributed by atoms with E-state index in [1.54, 1.807) is 32.9 Å². The van der Waals surface area contributed by atoms with Crippen LogP contribution in [0.3, 0.4) is 0 Å². The Balaban J connectivity index is 2.09. The van der Waals surface area contributed by atoms with Crippen LogP contribution in [0.1, 0.15) is 26.3 Å². The van der Waals surface area contributed by atoms with Crippen molar-refractivity contribution in [2.45, 2.75) is 38.8 Å². The van der Waals surface area contributed by atoms with Crippen LogP contribution in [-0.2, 0) is 16.0 Å². The maximum atomic E-state index is 11.9. The van der Waals surface area contributed by atoms with Crippen LogP contribution in [0.5, 0.6) is 11.5 Å². The van der Waals surface area contributed by atoms with Crippen LogP contribution >= 0.6 is 11.6 Å². The minimum absolute atomic E-state index is 0.00612. The summed E-state index contributed by atoms with van der Waals surface area (Å²) in [5.41, 5.74) is -0.392. The summed E-state index contributed by atoms with van der Waals surface area (Å²) in [5.74, 6) is -0.929. The minimum atomic E-state index is -1.21. The van der Waals surface area contributed by atoms with Gasteiger partial charge in [-0.05, 0) is 44.5 Å². The molecule has 1 atom stereocenters. The quantitative estimate of drug-likeness (QED) is 0.480. The van der Waals surface area contributed by atoms with Gasteiger partial charge in [-0.3, -0.25) is 10.1 Å². The Labute approximate surface area is 177 Å². The number of carboxylic acid groups (broad SMARTS) is 1. The summed E-state index contributed by atoms with van der Waals surface area (Å²) in [6.07, 6.45) is -0.824. The highest BCUT2D eigenvalue weighted by molar-refractivity contribution is 6.30. The second-order valence-electron chi connectivity index (χ2n) is 7.36. The summed E-state index contributed by atoms with van der Waals surface area (Å²) in [6, 6.07) is 9.03. The van der Waals surface area contributed by atoms with Crippen molar-refractivity contribution in [3.63, 3.8) is 0 Å². The van der Waals surface area contributed by atoms with Gasteiger partial charge in [-0.1, -0.05) is 23.7 Å². The summed E-state index contributed by atoms with van der Waals surface area (Å²) in [4.78, 5) is 33.9. The number of carboxylic acids is 1. The van der Waals surface area contributed by atoms with Gasteiger partial charge in [0.1, 0.15) is 17.4 Å². The number of alkyl carbamates (subject to hydrolysis) is 1. The number of nitro groups is 1. The van der Waals surface area contributed by atoms with Crippen LogP contribution in [-0.4, -0.2) is 33.7 Å². The van der Waals surface area contributed by atoms with Crippen molar-refractivity contribution in [2.24, 2.45) is 0 Å². The van der Waals surface area contributed by atoms with E-state index in [1.807, 2.05) is 0 Å². The van der Waals surface area contributed by atoms with Crippen LogP contribution in [0.15, 0.2) is 42.5 Å². The third-order valence-electron chi connectivity index (χ3n) is 3.70. The SMILES string of the molecule is CC(C)(C)OC(=O)N[C@@H](Cc1ccc(Oc2cc(Cl)ccc2[N+](=O)[O-])cc1)C(=O)O. The Bertz CT molecular complexity index is 939. The highest BCUT2D eigenvalue weighted by Gasteiger charge is 2.24. The molecule has 0 radical (unpaired) electrons. The van der Waals surface area contributed by atoms with Gasteiger partial charge < -0.3 is 19.9 Å². The van der Waals surface area contributed by atoms with Crippen molar-refractivity contribution in [1.29, 1.82) is 0 Å². The fourth-order valence-electron chi connectivity index (χ4n) is 2.43. The number of halogens is 1. The minimum Gasteiger partial charge on any atom is -0.480 e. The van der Waals surface area contributed by atoms with E-state index in [2.05, 4.69) is 5.32 Å². The maximum Gasteiger partial charge on any atom is 0.408 e. The predicted molar refractivity (Wildman–Crippen MR) is 109 cm³/mol. The van der Waals surface area contributed by atoms with E-state index in [0.29, 0.717) is 11.3 Å². The van der Waals surface area contributed by atoms with Crippen LogP contribution < -0.4 is 10.1 Å². The molecule has 0 spiro atoms. The molecule has 30 heavy (non-hydrogen) atoms. The Morgan fingerprint density at radius 2 is 1.83 bits per heavy atom. The van der Waals surface area contributed by atoms with Gasteiger partial charge in [0.15, 0.2) is 0 Å². The number of nitrogens with one attached hydrogen (secondary N) is 1. The molecule has 2 aromatic rings. The molecule has 0 saturated heterocycles. The molecule has 0 bridgehead atoms. The molecular formula is C20H21ClN2O7. The first-order valence-electron chi connectivity index (χ1n) is 8.87. The maximum absolute atomic E-state index is 11.9. The summed E-state index contributed by atoms with van der Waals surface area (Å²) in [5, 5.41) is 23.1. The summed E-state index contributed by atoms with van der Waals surface area (Å²) < 4.78 is 10.6. The zero-order chi connectivity index (χ0) is 22.5. The average Bonchev–Trinajstić information content (AvgIpc) is 2.61. The number of rotatable bonds is 7. The Morgan fingerprint density at radius 3 is 2.37 bits per heavy atom. The molecule has 0 unspecified atom stereocenters. The van der Waals surface area contributed by atoms with Gasteiger partial charge in [-0.2, -0.15) is 0 Å². The number of hydrogen-bond acceptors (Lipinski definition) is 6. The largest absolute Gasteiger partial charge is 0.480 e. The number of carbonyl (C=O) groups excluding carboxylic acids is 1. The molecular weight excluding hydrogens is 416 g/mol. The van der Waals surface area contributed by atoms with Gasteiger partial charge >= 0.3 is 17.7 Å². The van der Waals surface area contributed by atoms with Gasteiger partial charge in [0, 0.05) is 23.6 Å². The van der Waals surface area contributed by atoms with Crippen molar-refractivity contribution in [3.05, 3.63) is 63.2 Å². The number of nitrogens with zero attached hydrogens (tertiary/aromatic N) is 1. The van der Waals surface area contributed by atoms with Gasteiger partial charge in [-0.25, -0.2) is 9.59 Å². The first-order chi connectivity index (χ1) is 13.9. The number of carbonyl (C=O) groups is 2. The van der Waals surface area contributed by atoms with E-state index in [1.165, 1.54) is 30.3 Å². The Morgan fingerprint density at radius 1 is 1.20 bits per heavy atom. The summed E-state index contributed by atoms with van der Waals surface area (Å²) in [6.45, 7) is 5.02. The van der Waals surface area contributed by atoms with Gasteiger partial charge in [0.2, 0.25) is 5.75 Å². The van der Waals surface area contributed by atoms with Crippen molar-refractivity contribution in [2.75, 3.05) is 0 Å². The molecule has 1 amide bonds. The van der Waals surface area contributed by atoms with Crippen molar-refractivity contribution >= 4 is 29.4 Å². The second kappa shape index (κ2) is 9.45. The number of ether oxygens (including phenoxy) is 2. The summed E-state index contributed by atoms with van der Waals surface area (Å²) in [7, 11) is 0. The molecule has 0 aromatic heterocycles. The van der Waals surface area contributed by atoms with Gasteiger partial charge in [0.25, 0.3) is 0 Å². The number of amides is 1. The highest BCUT2D eigenvalue weighted by Crippen LogP contribution is 2.33. The molecule has 2 rings (SSSR count). The van der Waals surface area contributed by atoms with E-state index in [4.69, 9.17) is 21.1 Å². The predicted octanol–water partition coefficient (Wildman–Crippen LogP) is 4.56. The van der Waals surface area contributed by atoms with E-state index in [9.17, 15) is 24.8 Å². The molecule has 0 heterocycles. The van der Waals surface area contributed by atoms with Crippen LogP contribution in [0, 0.1) is 10.1 Å². The third-order valence-corrected chi connectivity index (χ3v) is 3.93. The molecule has 0 aliphatic heterocycles. The van der Waals surface area contributed by atoms with Crippen LogP contribution in [0.2, 0.25) is 5.02 Å². The monoisotopic (exact) mass is 436 g/mol. The lowest BCUT2D eigenvalue weighted by molar-refractivity contribution is -0.385. The van der Waals surface area contributed by atoms with Gasteiger partial charge in [-0.15, -0.1) is 0 Å². The highest BCUT2D eigenvalue weighted by atomic mass is 35.5. The Kier molecular flexibility index (Phi) is 7.23. The average molecular weight is 437 g/mol. The smallest absolute Gasteiger partial charge is 0.408 e. The van der Waals surface area contributed by atoms with Gasteiger partial charge in [0.05, 0.1) is 4.92 Å². The van der Waals surface area contributed by atoms with E-state index < -0.39 is 28.6 Å². The zero-order valence-corrected chi connectivity index (χ0v) is 17.3. The standard InChI is InChI=1S/C20H21ClN2O7/c1-20(2,3)30-19(26)22-15(18(24)25)10-12-4-7-14(8-5-12)29-17-11-13(21)6-9-16(17)23(27)28/h4-9,11,15H,10H2,1-3H3,(H,22,26)(H,24,25)/t15-/m0/s1. The number of benzene rings is 2. The number of nitro benzene ring substituents is 1. The van der Waals surface area contributed by atoms with Crippen LogP contribution in [0.4, 0.5) is 10.5 Å². The van der Waals surface area contributed by atoms with E-state index in [0.717, 1.165) is 0 Å². The van der Waals surface area contributed by atoms with Crippen LogP contribution in [0.25, 0.3) is 0 Å². The van der Waals surface area contributed by atoms with E-state index in [-0.39, 0.29) is 22.9 Å². The fraction of sp³-hybridized carbons (Fsp3) is 0.300. The molecule has 2 N–H and O–H groups in total. The molecule has 0 aliphatic rings. The molecule has 9 nitrogen and oxygen atoms in total. The molecule has 0 fully saturated rings. The normalized spacial score (nSPS) is 12.0. The van der Waals surface area contributed by atoms with Crippen molar-refractivity contribution in [1.82, 2.24) is 5.32 Å². The summed E-state index contributed by atoms with van der Waals surface area (Å²) >= 11 is 5.88. The second-order valence-corrected chi connectivity index (χ2v) is 7.79. The number of hydrogen-bond donors (Lipinski definition) is 2. The van der Waals surface area contributed by atoms with Crippen molar-refractivity contribution < 1.29 is 29.1 Å². The van der Waals surface area contributed by atoms with Crippen molar-refractivity contribution in [3.8, 4) is 11.5 Å². The molecule has 10 heteroatoms. The molecule has 160 valence electrons. The number of aliphatic carboxylic acids is 1.